The van der Waals surface area contributed by atoms with Crippen molar-refractivity contribution in [1.82, 2.24) is 19.3 Å². The van der Waals surface area contributed by atoms with Crippen LogP contribution in [0.25, 0.3) is 11.0 Å². The Morgan fingerprint density at radius 3 is 2.48 bits per heavy atom. The van der Waals surface area contributed by atoms with Gasteiger partial charge in [-0.2, -0.15) is 9.78 Å². The Balaban J connectivity index is 2.06. The van der Waals surface area contributed by atoms with Crippen LogP contribution in [0.3, 0.4) is 0 Å². The molecule has 0 unspecified atom stereocenters. The van der Waals surface area contributed by atoms with Gasteiger partial charge in [0.25, 0.3) is 5.56 Å². The van der Waals surface area contributed by atoms with Gasteiger partial charge in [-0.05, 0) is 18.1 Å². The van der Waals surface area contributed by atoms with E-state index in [9.17, 15) is 4.79 Å². The molecule has 0 fully saturated rings. The predicted octanol–water partition coefficient (Wildman–Crippen LogP) is 1.00. The van der Waals surface area contributed by atoms with Gasteiger partial charge in [0, 0.05) is 24.7 Å². The van der Waals surface area contributed by atoms with Crippen molar-refractivity contribution in [1.29, 1.82) is 0 Å². The first-order chi connectivity index (χ1) is 11.1. The lowest BCUT2D eigenvalue weighted by molar-refractivity contribution is 0.394. The molecule has 3 aromatic rings. The van der Waals surface area contributed by atoms with Crippen molar-refractivity contribution in [3.05, 3.63) is 46.6 Å². The number of methoxy groups -OCH3 is 2. The van der Waals surface area contributed by atoms with Crippen LogP contribution in [-0.2, 0) is 7.05 Å². The van der Waals surface area contributed by atoms with Crippen LogP contribution in [0.5, 0.6) is 11.5 Å². The third-order valence-corrected chi connectivity index (χ3v) is 3.31. The van der Waals surface area contributed by atoms with E-state index >= 15 is 0 Å². The van der Waals surface area contributed by atoms with Crippen LogP contribution >= 0.6 is 0 Å². The van der Waals surface area contributed by atoms with Gasteiger partial charge in [0.1, 0.15) is 16.9 Å². The Morgan fingerprint density at radius 1 is 1.13 bits per heavy atom. The average molecular weight is 310 g/mol. The maximum Gasteiger partial charge on any atom is 0.264 e. The molecule has 0 atom stereocenters. The molecule has 0 aliphatic rings. The minimum absolute atomic E-state index is 0.161. The minimum Gasteiger partial charge on any atom is -0.497 e. The molecule has 23 heavy (non-hydrogen) atoms. The summed E-state index contributed by atoms with van der Waals surface area (Å²) in [7, 11) is 4.79. The van der Waals surface area contributed by atoms with Crippen molar-refractivity contribution in [3.63, 3.8) is 0 Å². The fourth-order valence-corrected chi connectivity index (χ4v) is 2.08. The molecule has 2 aromatic heterocycles. The second-order valence-electron chi connectivity index (χ2n) is 4.79. The van der Waals surface area contributed by atoms with Crippen LogP contribution < -0.4 is 15.0 Å². The molecule has 0 amide bonds. The van der Waals surface area contributed by atoms with Gasteiger partial charge >= 0.3 is 0 Å². The zero-order valence-corrected chi connectivity index (χ0v) is 12.9. The minimum atomic E-state index is -0.161. The van der Waals surface area contributed by atoms with E-state index in [4.69, 9.17) is 9.47 Å². The second-order valence-corrected chi connectivity index (χ2v) is 4.79. The highest BCUT2D eigenvalue weighted by Gasteiger charge is 2.07. The molecule has 0 N–H and O–H groups in total. The normalized spacial score (nSPS) is 10.2. The van der Waals surface area contributed by atoms with Crippen molar-refractivity contribution >= 4 is 11.0 Å². The summed E-state index contributed by atoms with van der Waals surface area (Å²) >= 11 is 0. The number of nitrogens with zero attached hydrogens (tertiary/aromatic N) is 4. The summed E-state index contributed by atoms with van der Waals surface area (Å²) in [6, 6.07) is 8.20. The van der Waals surface area contributed by atoms with Gasteiger partial charge in [0.2, 0.25) is 0 Å². The van der Waals surface area contributed by atoms with Crippen molar-refractivity contribution < 1.29 is 9.47 Å². The largest absolute Gasteiger partial charge is 0.497 e. The van der Waals surface area contributed by atoms with E-state index in [-0.39, 0.29) is 5.56 Å². The molecule has 7 nitrogen and oxygen atoms in total. The standard InChI is InChI=1S/C16H14N4O3/c1-19-10-17-15-14(16(19)21)9-18-20(15)5-4-11-6-12(22-2)8-13(7-11)23-3/h6-10H,1-3H3. The van der Waals surface area contributed by atoms with Crippen LogP contribution in [0.1, 0.15) is 5.56 Å². The summed E-state index contributed by atoms with van der Waals surface area (Å²) in [4.78, 5) is 16.2. The summed E-state index contributed by atoms with van der Waals surface area (Å²) in [5, 5.41) is 4.53. The SMILES string of the molecule is COc1cc(C#Cn2ncc3c(=O)n(C)cnc32)cc(OC)c1. The Hall–Kier alpha value is -3.27. The molecule has 2 heterocycles. The molecular formula is C16H14N4O3. The fraction of sp³-hybridized carbons (Fsp3) is 0.188. The van der Waals surface area contributed by atoms with Crippen molar-refractivity contribution in [3.8, 4) is 23.5 Å². The van der Waals surface area contributed by atoms with Crippen LogP contribution in [0.2, 0.25) is 0 Å². The molecule has 3 rings (SSSR count). The van der Waals surface area contributed by atoms with Crippen LogP contribution in [0.15, 0.2) is 35.5 Å². The molecule has 0 radical (unpaired) electrons. The second kappa shape index (κ2) is 5.85. The maximum atomic E-state index is 12.0. The lowest BCUT2D eigenvalue weighted by Gasteiger charge is -2.04. The lowest BCUT2D eigenvalue weighted by atomic mass is 10.2. The van der Waals surface area contributed by atoms with E-state index in [1.165, 1.54) is 21.8 Å². The Kier molecular flexibility index (Phi) is 3.73. The van der Waals surface area contributed by atoms with E-state index in [1.54, 1.807) is 39.5 Å². The van der Waals surface area contributed by atoms with Gasteiger partial charge < -0.3 is 14.0 Å². The predicted molar refractivity (Wildman–Crippen MR) is 84.6 cm³/mol. The van der Waals surface area contributed by atoms with E-state index in [0.29, 0.717) is 28.1 Å². The first-order valence-electron chi connectivity index (χ1n) is 6.77. The number of aromatic nitrogens is 4. The number of ether oxygens (including phenoxy) is 2. The average Bonchev–Trinajstić information content (AvgIpc) is 2.99. The third kappa shape index (κ3) is 2.74. The highest BCUT2D eigenvalue weighted by Crippen LogP contribution is 2.21. The van der Waals surface area contributed by atoms with E-state index in [1.807, 2.05) is 0 Å². The quantitative estimate of drug-likeness (QED) is 0.661. The molecule has 0 aliphatic carbocycles. The van der Waals surface area contributed by atoms with E-state index in [2.05, 4.69) is 22.0 Å². The number of fused-ring (bicyclic) bond motifs is 1. The van der Waals surface area contributed by atoms with Crippen molar-refractivity contribution in [2.45, 2.75) is 0 Å². The Morgan fingerprint density at radius 2 is 1.83 bits per heavy atom. The van der Waals surface area contributed by atoms with Gasteiger partial charge in [0.15, 0.2) is 5.65 Å². The molecule has 116 valence electrons. The molecule has 1 aromatic carbocycles. The van der Waals surface area contributed by atoms with Gasteiger partial charge in [-0.15, -0.1) is 0 Å². The molecular weight excluding hydrogens is 296 g/mol. The summed E-state index contributed by atoms with van der Waals surface area (Å²) in [6.45, 7) is 0. The molecule has 0 saturated heterocycles. The van der Waals surface area contributed by atoms with Gasteiger partial charge in [0.05, 0.1) is 26.7 Å². The first-order valence-corrected chi connectivity index (χ1v) is 6.77. The highest BCUT2D eigenvalue weighted by atomic mass is 16.5. The first kappa shape index (κ1) is 14.7. The van der Waals surface area contributed by atoms with E-state index in [0.717, 1.165) is 0 Å². The van der Waals surface area contributed by atoms with Gasteiger partial charge in [-0.25, -0.2) is 4.98 Å². The maximum absolute atomic E-state index is 12.0. The summed E-state index contributed by atoms with van der Waals surface area (Å²) in [6.07, 6.45) is 2.91. The molecule has 0 spiro atoms. The number of hydrogen-bond donors (Lipinski definition) is 0. The highest BCUT2D eigenvalue weighted by molar-refractivity contribution is 5.73. The number of benzene rings is 1. The Bertz CT molecular complexity index is 970. The summed E-state index contributed by atoms with van der Waals surface area (Å²) in [5.41, 5.74) is 0.968. The smallest absolute Gasteiger partial charge is 0.264 e. The van der Waals surface area contributed by atoms with Gasteiger partial charge in [-0.1, -0.05) is 0 Å². The van der Waals surface area contributed by atoms with E-state index < -0.39 is 0 Å². The zero-order chi connectivity index (χ0) is 16.4. The summed E-state index contributed by atoms with van der Waals surface area (Å²) < 4.78 is 13.2. The number of aryl methyl sites for hydroxylation is 1. The van der Waals surface area contributed by atoms with Crippen LogP contribution in [0.4, 0.5) is 0 Å². The van der Waals surface area contributed by atoms with Crippen LogP contribution in [-0.4, -0.2) is 33.6 Å². The number of rotatable bonds is 2. The zero-order valence-electron chi connectivity index (χ0n) is 12.9. The Labute approximate surface area is 132 Å². The third-order valence-electron chi connectivity index (χ3n) is 3.31. The fourth-order valence-electron chi connectivity index (χ4n) is 2.08. The molecule has 0 aliphatic heterocycles. The summed E-state index contributed by atoms with van der Waals surface area (Å²) in [5.74, 6) is 4.25. The topological polar surface area (TPSA) is 71.2 Å². The molecule has 7 heteroatoms. The molecule has 0 bridgehead atoms. The van der Waals surface area contributed by atoms with Crippen molar-refractivity contribution in [2.24, 2.45) is 7.05 Å². The van der Waals surface area contributed by atoms with Crippen LogP contribution in [0, 0.1) is 12.0 Å². The molecule has 0 saturated carbocycles. The number of hydrogen-bond acceptors (Lipinski definition) is 5. The monoisotopic (exact) mass is 310 g/mol. The van der Waals surface area contributed by atoms with Crippen molar-refractivity contribution in [2.75, 3.05) is 14.2 Å². The van der Waals surface area contributed by atoms with Gasteiger partial charge in [-0.3, -0.25) is 4.79 Å². The lowest BCUT2D eigenvalue weighted by Crippen LogP contribution is -2.16.